The van der Waals surface area contributed by atoms with E-state index in [0.717, 1.165) is 5.56 Å². The Morgan fingerprint density at radius 1 is 1.24 bits per heavy atom. The van der Waals surface area contributed by atoms with E-state index in [4.69, 9.17) is 19.7 Å². The fourth-order valence-corrected chi connectivity index (χ4v) is 2.57. The number of aromatic nitrogens is 2. The minimum absolute atomic E-state index is 0.402. The van der Waals surface area contributed by atoms with Gasteiger partial charge in [-0.1, -0.05) is 35.5 Å². The van der Waals surface area contributed by atoms with Crippen LogP contribution in [0.1, 0.15) is 36.2 Å². The average Bonchev–Trinajstić information content (AvgIpc) is 3.06. The van der Waals surface area contributed by atoms with Gasteiger partial charge in [0.15, 0.2) is 0 Å². The van der Waals surface area contributed by atoms with E-state index in [-0.39, 0.29) is 0 Å². The number of rotatable bonds is 4. The van der Waals surface area contributed by atoms with Gasteiger partial charge in [0.2, 0.25) is 11.7 Å². The lowest BCUT2D eigenvalue weighted by molar-refractivity contribution is -0.101. The smallest absolute Gasteiger partial charge is 0.248 e. The number of nitrogens with zero attached hydrogens (tertiary/aromatic N) is 2. The standard InChI is InChI=1S/C15H19N3O3/c1-19-15(7-9-20-10-8-15)14-17-13(21-18-14)12(16)11-5-3-2-4-6-11/h2-6,12H,7-10,16H2,1H3/t12-/m1/s1. The van der Waals surface area contributed by atoms with Crippen LogP contribution < -0.4 is 5.73 Å². The van der Waals surface area contributed by atoms with Gasteiger partial charge in [-0.3, -0.25) is 0 Å². The van der Waals surface area contributed by atoms with Crippen LogP contribution >= 0.6 is 0 Å². The molecule has 3 rings (SSSR count). The monoisotopic (exact) mass is 289 g/mol. The summed E-state index contributed by atoms with van der Waals surface area (Å²) in [5, 5.41) is 4.08. The second-order valence-corrected chi connectivity index (χ2v) is 5.16. The molecule has 0 bridgehead atoms. The molecule has 0 aliphatic carbocycles. The maximum absolute atomic E-state index is 6.18. The molecule has 112 valence electrons. The number of nitrogens with two attached hydrogens (primary N) is 1. The fraction of sp³-hybridized carbons (Fsp3) is 0.467. The first-order valence-electron chi connectivity index (χ1n) is 7.03. The lowest BCUT2D eigenvalue weighted by Crippen LogP contribution is -2.36. The van der Waals surface area contributed by atoms with E-state index in [2.05, 4.69) is 10.1 Å². The molecule has 1 aliphatic heterocycles. The molecule has 6 heteroatoms. The van der Waals surface area contributed by atoms with Crippen molar-refractivity contribution in [3.63, 3.8) is 0 Å². The van der Waals surface area contributed by atoms with Gasteiger partial charge in [0, 0.05) is 33.2 Å². The van der Waals surface area contributed by atoms with Crippen LogP contribution in [0.4, 0.5) is 0 Å². The van der Waals surface area contributed by atoms with E-state index >= 15 is 0 Å². The number of methoxy groups -OCH3 is 1. The molecular weight excluding hydrogens is 270 g/mol. The molecule has 1 aromatic carbocycles. The van der Waals surface area contributed by atoms with Crippen LogP contribution in [0.15, 0.2) is 34.9 Å². The number of hydrogen-bond acceptors (Lipinski definition) is 6. The predicted octanol–water partition coefficient (Wildman–Crippen LogP) is 1.77. The van der Waals surface area contributed by atoms with Gasteiger partial charge in [0.25, 0.3) is 0 Å². The maximum atomic E-state index is 6.18. The summed E-state index contributed by atoms with van der Waals surface area (Å²) >= 11 is 0. The fourth-order valence-electron chi connectivity index (χ4n) is 2.57. The van der Waals surface area contributed by atoms with E-state index in [0.29, 0.717) is 37.8 Å². The number of hydrogen-bond donors (Lipinski definition) is 1. The van der Waals surface area contributed by atoms with Gasteiger partial charge in [0.05, 0.1) is 0 Å². The van der Waals surface area contributed by atoms with Crippen LogP contribution in [0.3, 0.4) is 0 Å². The predicted molar refractivity (Wildman–Crippen MR) is 75.5 cm³/mol. The molecule has 0 saturated carbocycles. The van der Waals surface area contributed by atoms with Gasteiger partial charge in [-0.25, -0.2) is 0 Å². The molecular formula is C15H19N3O3. The largest absolute Gasteiger partial charge is 0.381 e. The van der Waals surface area contributed by atoms with Crippen LogP contribution in [-0.2, 0) is 15.1 Å². The Morgan fingerprint density at radius 2 is 1.95 bits per heavy atom. The summed E-state index contributed by atoms with van der Waals surface area (Å²) in [5.74, 6) is 0.953. The molecule has 1 fully saturated rings. The van der Waals surface area contributed by atoms with E-state index in [1.807, 2.05) is 30.3 Å². The van der Waals surface area contributed by atoms with E-state index in [9.17, 15) is 0 Å². The molecule has 2 heterocycles. The Bertz CT molecular complexity index is 579. The molecule has 21 heavy (non-hydrogen) atoms. The zero-order valence-electron chi connectivity index (χ0n) is 12.0. The highest BCUT2D eigenvalue weighted by molar-refractivity contribution is 5.23. The normalized spacial score (nSPS) is 19.3. The third kappa shape index (κ3) is 2.70. The van der Waals surface area contributed by atoms with Crippen molar-refractivity contribution in [2.75, 3.05) is 20.3 Å². The molecule has 0 spiro atoms. The van der Waals surface area contributed by atoms with Crippen molar-refractivity contribution < 1.29 is 14.0 Å². The van der Waals surface area contributed by atoms with Gasteiger partial charge < -0.3 is 19.7 Å². The van der Waals surface area contributed by atoms with Crippen LogP contribution in [0.25, 0.3) is 0 Å². The summed E-state index contributed by atoms with van der Waals surface area (Å²) < 4.78 is 16.4. The van der Waals surface area contributed by atoms with E-state index < -0.39 is 11.6 Å². The van der Waals surface area contributed by atoms with Crippen LogP contribution in [0, 0.1) is 0 Å². The first-order valence-corrected chi connectivity index (χ1v) is 7.03. The molecule has 2 aromatic rings. The zero-order chi connectivity index (χ0) is 14.7. The lowest BCUT2D eigenvalue weighted by Gasteiger charge is -2.32. The van der Waals surface area contributed by atoms with Gasteiger partial charge in [0.1, 0.15) is 11.6 Å². The zero-order valence-corrected chi connectivity index (χ0v) is 12.0. The second-order valence-electron chi connectivity index (χ2n) is 5.16. The highest BCUT2D eigenvalue weighted by atomic mass is 16.5. The van der Waals surface area contributed by atoms with Gasteiger partial charge >= 0.3 is 0 Å². The minimum atomic E-state index is -0.531. The number of ether oxygens (including phenoxy) is 2. The van der Waals surface area contributed by atoms with E-state index in [1.54, 1.807) is 7.11 Å². The summed E-state index contributed by atoms with van der Waals surface area (Å²) in [6.45, 7) is 1.25. The van der Waals surface area contributed by atoms with Crippen molar-refractivity contribution in [1.29, 1.82) is 0 Å². The van der Waals surface area contributed by atoms with Crippen molar-refractivity contribution in [1.82, 2.24) is 10.1 Å². The first kappa shape index (κ1) is 14.2. The third-order valence-electron chi connectivity index (χ3n) is 3.97. The van der Waals surface area contributed by atoms with Gasteiger partial charge in [-0.05, 0) is 5.56 Å². The second kappa shape index (κ2) is 5.93. The average molecular weight is 289 g/mol. The quantitative estimate of drug-likeness (QED) is 0.923. The van der Waals surface area contributed by atoms with Crippen molar-refractivity contribution in [3.05, 3.63) is 47.6 Å². The summed E-state index contributed by atoms with van der Waals surface area (Å²) in [7, 11) is 1.67. The molecule has 6 nitrogen and oxygen atoms in total. The summed E-state index contributed by atoms with van der Waals surface area (Å²) in [6.07, 6.45) is 1.42. The Balaban J connectivity index is 1.86. The summed E-state index contributed by atoms with van der Waals surface area (Å²) in [6, 6.07) is 9.26. The third-order valence-corrected chi connectivity index (χ3v) is 3.97. The van der Waals surface area contributed by atoms with Gasteiger partial charge in [-0.15, -0.1) is 0 Å². The molecule has 1 saturated heterocycles. The highest BCUT2D eigenvalue weighted by Gasteiger charge is 2.39. The summed E-state index contributed by atoms with van der Waals surface area (Å²) in [5.41, 5.74) is 6.59. The number of benzene rings is 1. The Labute approximate surface area is 123 Å². The molecule has 0 unspecified atom stereocenters. The first-order chi connectivity index (χ1) is 10.2. The van der Waals surface area contributed by atoms with Gasteiger partial charge in [-0.2, -0.15) is 4.98 Å². The molecule has 0 amide bonds. The maximum Gasteiger partial charge on any atom is 0.248 e. The van der Waals surface area contributed by atoms with Crippen LogP contribution in [-0.4, -0.2) is 30.5 Å². The Hall–Kier alpha value is -1.76. The lowest BCUT2D eigenvalue weighted by atomic mass is 9.93. The van der Waals surface area contributed by atoms with Crippen molar-refractivity contribution in [2.45, 2.75) is 24.5 Å². The molecule has 0 radical (unpaired) electrons. The minimum Gasteiger partial charge on any atom is -0.381 e. The summed E-state index contributed by atoms with van der Waals surface area (Å²) in [4.78, 5) is 4.47. The van der Waals surface area contributed by atoms with Crippen LogP contribution in [0.2, 0.25) is 0 Å². The Morgan fingerprint density at radius 3 is 2.62 bits per heavy atom. The van der Waals surface area contributed by atoms with Crippen LogP contribution in [0.5, 0.6) is 0 Å². The van der Waals surface area contributed by atoms with Crippen molar-refractivity contribution in [3.8, 4) is 0 Å². The highest BCUT2D eigenvalue weighted by Crippen LogP contribution is 2.34. The topological polar surface area (TPSA) is 83.4 Å². The van der Waals surface area contributed by atoms with Crippen molar-refractivity contribution in [2.24, 2.45) is 5.73 Å². The molecule has 1 aliphatic rings. The SMILES string of the molecule is COC1(c2noc([C@H](N)c3ccccc3)n2)CCOCC1. The molecule has 1 atom stereocenters. The van der Waals surface area contributed by atoms with E-state index in [1.165, 1.54) is 0 Å². The van der Waals surface area contributed by atoms with Crippen molar-refractivity contribution >= 4 is 0 Å². The Kier molecular flexibility index (Phi) is 4.01. The molecule has 1 aromatic heterocycles. The molecule has 2 N–H and O–H groups in total.